The molecule has 0 spiro atoms. The van der Waals surface area contributed by atoms with Crippen molar-refractivity contribution < 1.29 is 19.1 Å². The third-order valence-electron chi connectivity index (χ3n) is 3.61. The van der Waals surface area contributed by atoms with Crippen LogP contribution in [0.15, 0.2) is 16.8 Å². The minimum absolute atomic E-state index is 0.0985. The van der Waals surface area contributed by atoms with Gasteiger partial charge in [-0.3, -0.25) is 14.9 Å². The van der Waals surface area contributed by atoms with Crippen molar-refractivity contribution in [2.45, 2.75) is 38.5 Å². The van der Waals surface area contributed by atoms with Gasteiger partial charge in [0.25, 0.3) is 0 Å². The number of carbonyl (C=O) groups is 1. The number of benzene rings is 1. The third-order valence-corrected chi connectivity index (χ3v) is 3.61. The molecule has 2 aromatic rings. The number of fused-ring (bicyclic) bond motifs is 1. The molecule has 0 aliphatic heterocycles. The normalized spacial score (nSPS) is 10.7. The maximum absolute atomic E-state index is 10.9. The van der Waals surface area contributed by atoms with Gasteiger partial charge in [0.1, 0.15) is 0 Å². The molecule has 1 heterocycles. The van der Waals surface area contributed by atoms with Crippen LogP contribution in [0.25, 0.3) is 11.0 Å². The molecular weight excluding hydrogens is 316 g/mol. The number of hydrogen-bond donors (Lipinski definition) is 1. The number of nitro benzene ring substituents is 1. The highest BCUT2D eigenvalue weighted by atomic mass is 16.6. The molecular formula is C15H20N4O5. The molecule has 1 aromatic heterocycles. The van der Waals surface area contributed by atoms with Gasteiger partial charge < -0.3 is 10.1 Å². The third kappa shape index (κ3) is 4.90. The summed E-state index contributed by atoms with van der Waals surface area (Å²) in [4.78, 5) is 20.4. The number of carbonyl (C=O) groups excluding carboxylic acids is 1. The molecule has 2 rings (SSSR count). The summed E-state index contributed by atoms with van der Waals surface area (Å²) in [5.74, 6) is 0.441. The first-order valence-electron chi connectivity index (χ1n) is 7.93. The molecule has 9 heteroatoms. The predicted molar refractivity (Wildman–Crippen MR) is 85.7 cm³/mol. The maximum Gasteiger partial charge on any atom is 0.301 e. The second-order valence-corrected chi connectivity index (χ2v) is 5.34. The van der Waals surface area contributed by atoms with Crippen LogP contribution < -0.4 is 10.1 Å². The summed E-state index contributed by atoms with van der Waals surface area (Å²) in [6, 6.07) is 2.86. The Labute approximate surface area is 138 Å². The zero-order valence-corrected chi connectivity index (χ0v) is 13.3. The van der Waals surface area contributed by atoms with E-state index < -0.39 is 4.92 Å². The summed E-state index contributed by atoms with van der Waals surface area (Å²) in [6.07, 6.45) is 6.95. The van der Waals surface area contributed by atoms with E-state index in [0.717, 1.165) is 51.5 Å². The van der Waals surface area contributed by atoms with Gasteiger partial charge in [0.2, 0.25) is 11.9 Å². The Morgan fingerprint density at radius 1 is 1.12 bits per heavy atom. The first kappa shape index (κ1) is 17.6. The molecule has 0 saturated carbocycles. The fourth-order valence-corrected chi connectivity index (χ4v) is 2.37. The Kier molecular flexibility index (Phi) is 6.93. The number of nitrogens with one attached hydrogen (secondary N) is 1. The Morgan fingerprint density at radius 2 is 1.83 bits per heavy atom. The zero-order chi connectivity index (χ0) is 17.2. The fraction of sp³-hybridized carbons (Fsp3) is 0.533. The van der Waals surface area contributed by atoms with Gasteiger partial charge in [0.15, 0.2) is 11.3 Å². The van der Waals surface area contributed by atoms with Crippen LogP contribution in [-0.4, -0.2) is 34.8 Å². The molecule has 0 radical (unpaired) electrons. The molecule has 1 aromatic carbocycles. The smallest absolute Gasteiger partial charge is 0.301 e. The number of rotatable bonds is 12. The number of unbranched alkanes of at least 4 members (excludes halogenated alkanes) is 5. The van der Waals surface area contributed by atoms with Crippen molar-refractivity contribution in [2.24, 2.45) is 0 Å². The molecule has 0 fully saturated rings. The van der Waals surface area contributed by atoms with E-state index in [1.165, 1.54) is 12.1 Å². The van der Waals surface area contributed by atoms with Gasteiger partial charge in [-0.25, -0.2) is 4.63 Å². The lowest BCUT2D eigenvalue weighted by Gasteiger charge is -2.06. The van der Waals surface area contributed by atoms with E-state index in [1.54, 1.807) is 0 Å². The minimum atomic E-state index is -0.527. The van der Waals surface area contributed by atoms with Crippen molar-refractivity contribution in [1.82, 2.24) is 15.6 Å². The molecule has 0 atom stereocenters. The fourth-order valence-electron chi connectivity index (χ4n) is 2.37. The molecule has 0 unspecified atom stereocenters. The van der Waals surface area contributed by atoms with Gasteiger partial charge in [-0.05, 0) is 29.2 Å². The Hall–Kier alpha value is -2.71. The van der Waals surface area contributed by atoms with E-state index >= 15 is 0 Å². The molecule has 1 amide bonds. The molecule has 0 aliphatic rings. The first-order valence-corrected chi connectivity index (χ1v) is 7.93. The number of amides is 1. The monoisotopic (exact) mass is 336 g/mol. The standard InChI is InChI=1S/C15H20N4O5/c20-11-16-9-5-3-1-2-4-6-10-23-13-8-7-12(19(21)22)14-15(13)18-24-17-14/h7-8,11H,1-6,9-10H2,(H,16,20). The van der Waals surface area contributed by atoms with Crippen molar-refractivity contribution in [1.29, 1.82) is 0 Å². The van der Waals surface area contributed by atoms with E-state index in [9.17, 15) is 14.9 Å². The van der Waals surface area contributed by atoms with E-state index in [2.05, 4.69) is 20.3 Å². The van der Waals surface area contributed by atoms with Gasteiger partial charge in [0.05, 0.1) is 11.5 Å². The molecule has 0 saturated heterocycles. The lowest BCUT2D eigenvalue weighted by Crippen LogP contribution is -2.11. The second kappa shape index (κ2) is 9.43. The van der Waals surface area contributed by atoms with Gasteiger partial charge in [0, 0.05) is 12.6 Å². The van der Waals surface area contributed by atoms with E-state index in [4.69, 9.17) is 4.74 Å². The van der Waals surface area contributed by atoms with Crippen LogP contribution in [-0.2, 0) is 4.79 Å². The van der Waals surface area contributed by atoms with Crippen molar-refractivity contribution in [3.05, 3.63) is 22.2 Å². The largest absolute Gasteiger partial charge is 0.491 e. The molecule has 0 bridgehead atoms. The molecule has 0 aliphatic carbocycles. The number of nitro groups is 1. The highest BCUT2D eigenvalue weighted by Gasteiger charge is 2.20. The number of nitrogens with zero attached hydrogens (tertiary/aromatic N) is 3. The summed E-state index contributed by atoms with van der Waals surface area (Å²) in [7, 11) is 0. The Morgan fingerprint density at radius 3 is 2.58 bits per heavy atom. The van der Waals surface area contributed by atoms with Crippen molar-refractivity contribution in [2.75, 3.05) is 13.2 Å². The average molecular weight is 336 g/mol. The highest BCUT2D eigenvalue weighted by Crippen LogP contribution is 2.30. The van der Waals surface area contributed by atoms with Crippen molar-refractivity contribution in [3.63, 3.8) is 0 Å². The number of ether oxygens (including phenoxy) is 1. The summed E-state index contributed by atoms with van der Waals surface area (Å²) >= 11 is 0. The van der Waals surface area contributed by atoms with Crippen molar-refractivity contribution in [3.8, 4) is 5.75 Å². The number of hydrogen-bond acceptors (Lipinski definition) is 7. The zero-order valence-electron chi connectivity index (χ0n) is 13.3. The predicted octanol–water partition coefficient (Wildman–Crippen LogP) is 2.60. The number of non-ortho nitro benzene ring substituents is 1. The van der Waals surface area contributed by atoms with Crippen LogP contribution in [0.3, 0.4) is 0 Å². The molecule has 1 N–H and O–H groups in total. The van der Waals surface area contributed by atoms with E-state index in [-0.39, 0.29) is 16.7 Å². The quantitative estimate of drug-likeness (QED) is 0.274. The summed E-state index contributed by atoms with van der Waals surface area (Å²) < 4.78 is 10.2. The average Bonchev–Trinajstić information content (AvgIpc) is 3.06. The van der Waals surface area contributed by atoms with Crippen molar-refractivity contribution >= 4 is 23.1 Å². The van der Waals surface area contributed by atoms with Crippen LogP contribution in [0.2, 0.25) is 0 Å². The van der Waals surface area contributed by atoms with E-state index in [0.29, 0.717) is 12.4 Å². The highest BCUT2D eigenvalue weighted by molar-refractivity contribution is 5.88. The second-order valence-electron chi connectivity index (χ2n) is 5.34. The topological polar surface area (TPSA) is 120 Å². The van der Waals surface area contributed by atoms with Gasteiger partial charge in [-0.2, -0.15) is 0 Å². The molecule has 9 nitrogen and oxygen atoms in total. The van der Waals surface area contributed by atoms with Gasteiger partial charge in [-0.15, -0.1) is 0 Å². The summed E-state index contributed by atoms with van der Waals surface area (Å²) in [5.41, 5.74) is 0.219. The van der Waals surface area contributed by atoms with Crippen LogP contribution in [0.5, 0.6) is 5.75 Å². The molecule has 24 heavy (non-hydrogen) atoms. The minimum Gasteiger partial charge on any atom is -0.491 e. The van der Waals surface area contributed by atoms with Crippen LogP contribution in [0.1, 0.15) is 38.5 Å². The van der Waals surface area contributed by atoms with Crippen LogP contribution in [0.4, 0.5) is 5.69 Å². The van der Waals surface area contributed by atoms with Gasteiger partial charge >= 0.3 is 5.69 Å². The van der Waals surface area contributed by atoms with Crippen LogP contribution >= 0.6 is 0 Å². The lowest BCUT2D eigenvalue weighted by molar-refractivity contribution is -0.383. The lowest BCUT2D eigenvalue weighted by atomic mass is 10.1. The Bertz CT molecular complexity index is 673. The number of aromatic nitrogens is 2. The van der Waals surface area contributed by atoms with E-state index in [1.807, 2.05) is 0 Å². The first-order chi connectivity index (χ1) is 11.7. The summed E-state index contributed by atoms with van der Waals surface area (Å²) in [6.45, 7) is 1.24. The maximum atomic E-state index is 10.9. The Balaban J connectivity index is 1.69. The SMILES string of the molecule is O=CNCCCCCCCCOc1ccc([N+](=O)[O-])c2nonc12. The summed E-state index contributed by atoms with van der Waals surface area (Å²) in [5, 5.41) is 20.8. The van der Waals surface area contributed by atoms with Crippen LogP contribution in [0, 0.1) is 10.1 Å². The molecule has 130 valence electrons. The van der Waals surface area contributed by atoms with Gasteiger partial charge in [-0.1, -0.05) is 25.7 Å².